The number of hydrogen-bond donors (Lipinski definition) is 1. The van der Waals surface area contributed by atoms with Crippen LogP contribution in [0.5, 0.6) is 5.75 Å². The lowest BCUT2D eigenvalue weighted by molar-refractivity contribution is -0.384. The van der Waals surface area contributed by atoms with Gasteiger partial charge >= 0.3 is 11.9 Å². The standard InChI is InChI=1S/C9H9F3N2O3/c1-13-6-3-5(9(10,11)12)4-7(17-2)8(6)14(15)16/h3-4,13H,1-2H3. The number of nitro groups is 1. The number of methoxy groups -OCH3 is 1. The number of halogens is 3. The molecule has 1 aromatic rings. The van der Waals surface area contributed by atoms with Gasteiger partial charge in [0.2, 0.25) is 0 Å². The zero-order valence-electron chi connectivity index (χ0n) is 8.96. The number of rotatable bonds is 3. The van der Waals surface area contributed by atoms with Crippen molar-refractivity contribution in [2.75, 3.05) is 19.5 Å². The van der Waals surface area contributed by atoms with E-state index < -0.39 is 28.1 Å². The van der Waals surface area contributed by atoms with Gasteiger partial charge in [-0.1, -0.05) is 0 Å². The smallest absolute Gasteiger partial charge is 0.416 e. The summed E-state index contributed by atoms with van der Waals surface area (Å²) in [6.45, 7) is 0. The first-order valence-electron chi connectivity index (χ1n) is 4.42. The van der Waals surface area contributed by atoms with Gasteiger partial charge in [-0.05, 0) is 12.1 Å². The average Bonchev–Trinajstić information content (AvgIpc) is 2.25. The van der Waals surface area contributed by atoms with Crippen LogP contribution in [-0.4, -0.2) is 19.1 Å². The maximum atomic E-state index is 12.5. The summed E-state index contributed by atoms with van der Waals surface area (Å²) in [6.07, 6.45) is -4.59. The third-order valence-corrected chi connectivity index (χ3v) is 2.07. The molecule has 0 heterocycles. The van der Waals surface area contributed by atoms with Crippen molar-refractivity contribution in [3.63, 3.8) is 0 Å². The molecule has 1 aromatic carbocycles. The van der Waals surface area contributed by atoms with Gasteiger partial charge in [0, 0.05) is 7.05 Å². The lowest BCUT2D eigenvalue weighted by atomic mass is 10.1. The van der Waals surface area contributed by atoms with Gasteiger partial charge in [0.25, 0.3) is 0 Å². The second-order valence-corrected chi connectivity index (χ2v) is 3.08. The highest BCUT2D eigenvalue weighted by molar-refractivity contribution is 5.70. The number of nitro benzene ring substituents is 1. The summed E-state index contributed by atoms with van der Waals surface area (Å²) in [5.41, 5.74) is -1.78. The second kappa shape index (κ2) is 4.48. The maximum Gasteiger partial charge on any atom is 0.416 e. The van der Waals surface area contributed by atoms with Crippen LogP contribution in [0.3, 0.4) is 0 Å². The van der Waals surface area contributed by atoms with E-state index >= 15 is 0 Å². The Bertz CT molecular complexity index is 421. The molecule has 1 N–H and O–H groups in total. The molecular weight excluding hydrogens is 241 g/mol. The molecule has 8 heteroatoms. The van der Waals surface area contributed by atoms with E-state index in [-0.39, 0.29) is 5.69 Å². The molecule has 0 radical (unpaired) electrons. The van der Waals surface area contributed by atoms with Crippen LogP contribution in [0.4, 0.5) is 24.5 Å². The highest BCUT2D eigenvalue weighted by atomic mass is 19.4. The summed E-state index contributed by atoms with van der Waals surface area (Å²) in [5.74, 6) is -0.436. The minimum absolute atomic E-state index is 0.248. The minimum atomic E-state index is -4.59. The molecule has 0 bridgehead atoms. The van der Waals surface area contributed by atoms with Crippen molar-refractivity contribution in [3.05, 3.63) is 27.8 Å². The fraction of sp³-hybridized carbons (Fsp3) is 0.333. The normalized spacial score (nSPS) is 11.1. The van der Waals surface area contributed by atoms with Crippen molar-refractivity contribution in [1.29, 1.82) is 0 Å². The van der Waals surface area contributed by atoms with Crippen molar-refractivity contribution in [2.45, 2.75) is 6.18 Å². The Hall–Kier alpha value is -1.99. The fourth-order valence-corrected chi connectivity index (χ4v) is 1.31. The summed E-state index contributed by atoms with van der Waals surface area (Å²) in [7, 11) is 2.36. The Morgan fingerprint density at radius 3 is 2.35 bits per heavy atom. The van der Waals surface area contributed by atoms with E-state index in [9.17, 15) is 23.3 Å². The molecule has 0 unspecified atom stereocenters. The predicted molar refractivity (Wildman–Crippen MR) is 54.2 cm³/mol. The van der Waals surface area contributed by atoms with E-state index in [1.54, 1.807) is 0 Å². The lowest BCUT2D eigenvalue weighted by Crippen LogP contribution is -2.08. The molecule has 0 fully saturated rings. The third kappa shape index (κ3) is 2.58. The average molecular weight is 250 g/mol. The van der Waals surface area contributed by atoms with E-state index in [4.69, 9.17) is 0 Å². The van der Waals surface area contributed by atoms with Crippen LogP contribution in [0.1, 0.15) is 5.56 Å². The molecule has 0 spiro atoms. The van der Waals surface area contributed by atoms with Crippen molar-refractivity contribution >= 4 is 11.4 Å². The molecule has 0 atom stereocenters. The van der Waals surface area contributed by atoms with Crippen LogP contribution in [-0.2, 0) is 6.18 Å². The molecule has 5 nitrogen and oxygen atoms in total. The summed E-state index contributed by atoms with van der Waals surface area (Å²) < 4.78 is 42.1. The van der Waals surface area contributed by atoms with Gasteiger partial charge < -0.3 is 10.1 Å². The van der Waals surface area contributed by atoms with Gasteiger partial charge in [0.05, 0.1) is 17.6 Å². The van der Waals surface area contributed by atoms with Gasteiger partial charge in [0.15, 0.2) is 5.75 Å². The topological polar surface area (TPSA) is 64.4 Å². The number of nitrogens with one attached hydrogen (secondary N) is 1. The first-order valence-corrected chi connectivity index (χ1v) is 4.42. The quantitative estimate of drug-likeness (QED) is 0.661. The highest BCUT2D eigenvalue weighted by Crippen LogP contribution is 2.41. The van der Waals surface area contributed by atoms with E-state index in [0.29, 0.717) is 12.1 Å². The van der Waals surface area contributed by atoms with Crippen LogP contribution < -0.4 is 10.1 Å². The van der Waals surface area contributed by atoms with E-state index in [2.05, 4.69) is 10.1 Å². The van der Waals surface area contributed by atoms with Crippen molar-refractivity contribution in [3.8, 4) is 5.75 Å². The largest absolute Gasteiger partial charge is 0.490 e. The monoisotopic (exact) mass is 250 g/mol. The van der Waals surface area contributed by atoms with Crippen molar-refractivity contribution in [1.82, 2.24) is 0 Å². The zero-order chi connectivity index (χ0) is 13.2. The van der Waals surface area contributed by atoms with Gasteiger partial charge in [0.1, 0.15) is 5.69 Å². The summed E-state index contributed by atoms with van der Waals surface area (Å²) in [6, 6.07) is 1.26. The molecule has 0 aromatic heterocycles. The molecule has 0 aliphatic rings. The molecule has 0 aliphatic carbocycles. The van der Waals surface area contributed by atoms with Crippen LogP contribution >= 0.6 is 0 Å². The molecule has 17 heavy (non-hydrogen) atoms. The van der Waals surface area contributed by atoms with E-state index in [1.165, 1.54) is 7.05 Å². The number of ether oxygens (including phenoxy) is 1. The minimum Gasteiger partial charge on any atom is -0.490 e. The molecular formula is C9H9F3N2O3. The summed E-state index contributed by atoms with van der Waals surface area (Å²) in [4.78, 5) is 9.92. The lowest BCUT2D eigenvalue weighted by Gasteiger charge is -2.12. The first kappa shape index (κ1) is 13.1. The number of benzene rings is 1. The van der Waals surface area contributed by atoms with E-state index in [1.807, 2.05) is 0 Å². The van der Waals surface area contributed by atoms with Crippen LogP contribution in [0.2, 0.25) is 0 Å². The second-order valence-electron chi connectivity index (χ2n) is 3.08. The number of hydrogen-bond acceptors (Lipinski definition) is 4. The van der Waals surface area contributed by atoms with Crippen LogP contribution in [0.15, 0.2) is 12.1 Å². The Morgan fingerprint density at radius 2 is 2.00 bits per heavy atom. The van der Waals surface area contributed by atoms with Crippen molar-refractivity contribution < 1.29 is 22.8 Å². The van der Waals surface area contributed by atoms with Gasteiger partial charge in [-0.25, -0.2) is 0 Å². The highest BCUT2D eigenvalue weighted by Gasteiger charge is 2.34. The van der Waals surface area contributed by atoms with Gasteiger partial charge in [-0.15, -0.1) is 0 Å². The zero-order valence-corrected chi connectivity index (χ0v) is 8.96. The Balaban J connectivity index is 3.50. The predicted octanol–water partition coefficient (Wildman–Crippen LogP) is 2.66. The molecule has 0 amide bonds. The Morgan fingerprint density at radius 1 is 1.41 bits per heavy atom. The Labute approximate surface area is 94.3 Å². The Kier molecular flexibility index (Phi) is 3.45. The van der Waals surface area contributed by atoms with Gasteiger partial charge in [-0.3, -0.25) is 10.1 Å². The number of nitrogens with zero attached hydrogens (tertiary/aromatic N) is 1. The molecule has 0 aliphatic heterocycles. The molecule has 94 valence electrons. The molecule has 0 saturated carbocycles. The van der Waals surface area contributed by atoms with E-state index in [0.717, 1.165) is 7.11 Å². The summed E-state index contributed by atoms with van der Waals surface area (Å²) >= 11 is 0. The van der Waals surface area contributed by atoms with Crippen LogP contribution in [0.25, 0.3) is 0 Å². The van der Waals surface area contributed by atoms with Crippen LogP contribution in [0, 0.1) is 10.1 Å². The molecule has 1 rings (SSSR count). The first-order chi connectivity index (χ1) is 7.81. The number of anilines is 1. The molecule has 0 saturated heterocycles. The number of alkyl halides is 3. The van der Waals surface area contributed by atoms with Gasteiger partial charge in [-0.2, -0.15) is 13.2 Å². The SMILES string of the molecule is CNc1cc(C(F)(F)F)cc(OC)c1[N+](=O)[O-]. The summed E-state index contributed by atoms with van der Waals surface area (Å²) in [5, 5.41) is 13.1. The third-order valence-electron chi connectivity index (χ3n) is 2.07. The fourth-order valence-electron chi connectivity index (χ4n) is 1.31. The van der Waals surface area contributed by atoms with Crippen molar-refractivity contribution in [2.24, 2.45) is 0 Å². The maximum absolute atomic E-state index is 12.5.